The Balaban J connectivity index is 1.57. The lowest BCUT2D eigenvalue weighted by atomic mass is 10.2. The minimum atomic E-state index is 0.666. The zero-order valence-electron chi connectivity index (χ0n) is 19.5. The van der Waals surface area contributed by atoms with Crippen LogP contribution in [0.1, 0.15) is 5.56 Å². The van der Waals surface area contributed by atoms with Crippen LogP contribution >= 0.6 is 11.6 Å². The topological polar surface area (TPSA) is 6.25 Å². The molecule has 0 aromatic heterocycles. The van der Waals surface area contributed by atoms with E-state index >= 15 is 0 Å². The first-order chi connectivity index (χ1) is 14.5. The molecule has 0 radical (unpaired) electrons. The average Bonchev–Trinajstić information content (AvgIpc) is 3.00. The van der Waals surface area contributed by atoms with Crippen LogP contribution in [-0.2, 0) is 0 Å². The fourth-order valence-corrected chi connectivity index (χ4v) is 4.95. The van der Waals surface area contributed by atoms with Crippen molar-refractivity contribution in [2.45, 2.75) is 6.92 Å². The van der Waals surface area contributed by atoms with Gasteiger partial charge in [0, 0.05) is 36.3 Å². The van der Waals surface area contributed by atoms with Crippen molar-refractivity contribution in [2.75, 3.05) is 47.2 Å². The number of halogens is 1. The van der Waals surface area contributed by atoms with Crippen LogP contribution in [0.2, 0.25) is 5.02 Å². The van der Waals surface area contributed by atoms with Gasteiger partial charge in [0.05, 0.1) is 34.3 Å². The minimum absolute atomic E-state index is 0.666. The van der Waals surface area contributed by atoms with E-state index in [4.69, 9.17) is 11.6 Å². The van der Waals surface area contributed by atoms with Crippen LogP contribution in [0, 0.1) is 6.92 Å². The van der Waals surface area contributed by atoms with E-state index < -0.39 is 0 Å². The predicted molar refractivity (Wildman–Crippen MR) is 136 cm³/mol. The molecule has 0 aliphatic carbocycles. The highest BCUT2D eigenvalue weighted by Gasteiger charge is 2.44. The Morgan fingerprint density at radius 2 is 1.65 bits per heavy atom. The predicted octanol–water partition coefficient (Wildman–Crippen LogP) is 5.57. The number of hydrogen-bond acceptors (Lipinski definition) is 1. The molecule has 0 amide bonds. The number of quaternary nitrogens is 2. The number of fused-ring (bicyclic) bond motifs is 2. The standard InChI is InChI=1S/C26H32ClN4/c1-19-13-15-21-23(17-19)30(4,5)25(28(21)2)11-9-8-10-12-26-29(3)22-16-14-20(27)18-24(22)31(26,6)7/h8-18H,1-7H3/q+3. The number of rotatable bonds is 3. The van der Waals surface area contributed by atoms with Crippen molar-refractivity contribution >= 4 is 40.2 Å². The van der Waals surface area contributed by atoms with Gasteiger partial charge < -0.3 is 0 Å². The quantitative estimate of drug-likeness (QED) is 0.347. The van der Waals surface area contributed by atoms with Gasteiger partial charge in [0.15, 0.2) is 5.69 Å². The Kier molecular flexibility index (Phi) is 5.21. The van der Waals surface area contributed by atoms with Crippen LogP contribution < -0.4 is 13.9 Å². The van der Waals surface area contributed by atoms with Crippen LogP contribution in [-0.4, -0.2) is 52.7 Å². The highest BCUT2D eigenvalue weighted by atomic mass is 35.5. The van der Waals surface area contributed by atoms with E-state index in [1.54, 1.807) is 0 Å². The van der Waals surface area contributed by atoms with Gasteiger partial charge in [0.2, 0.25) is 11.5 Å². The van der Waals surface area contributed by atoms with Crippen LogP contribution in [0.5, 0.6) is 0 Å². The smallest absolute Gasteiger partial charge is 0.295 e. The van der Waals surface area contributed by atoms with Crippen molar-refractivity contribution in [3.63, 3.8) is 0 Å². The second-order valence-electron chi connectivity index (χ2n) is 9.28. The maximum atomic E-state index is 6.25. The van der Waals surface area contributed by atoms with Gasteiger partial charge in [0.1, 0.15) is 12.7 Å². The highest BCUT2D eigenvalue weighted by molar-refractivity contribution is 6.31. The molecule has 0 atom stereocenters. The summed E-state index contributed by atoms with van der Waals surface area (Å²) in [6.07, 6.45) is 10.7. The van der Waals surface area contributed by atoms with Crippen molar-refractivity contribution in [2.24, 2.45) is 0 Å². The second-order valence-corrected chi connectivity index (χ2v) is 9.71. The number of benzene rings is 2. The number of allylic oxidation sites excluding steroid dienone is 4. The molecule has 0 saturated heterocycles. The second kappa shape index (κ2) is 7.49. The molecular formula is C26H32ClN4+3. The first kappa shape index (κ1) is 21.6. The van der Waals surface area contributed by atoms with Crippen molar-refractivity contribution < 1.29 is 4.58 Å². The summed E-state index contributed by atoms with van der Waals surface area (Å²) in [4.78, 5) is 2.28. The molecule has 2 aliphatic heterocycles. The summed E-state index contributed by atoms with van der Waals surface area (Å²) in [6.45, 7) is 2.15. The molecule has 0 fully saturated rings. The van der Waals surface area contributed by atoms with Crippen molar-refractivity contribution in [3.8, 4) is 0 Å². The Morgan fingerprint density at radius 1 is 0.903 bits per heavy atom. The molecule has 4 nitrogen and oxygen atoms in total. The number of likely N-dealkylation sites (N-methyl/N-ethyl adjacent to an activating group) is 1. The van der Waals surface area contributed by atoms with Gasteiger partial charge in [0.25, 0.3) is 5.69 Å². The van der Waals surface area contributed by atoms with Gasteiger partial charge in [-0.3, -0.25) is 4.90 Å². The van der Waals surface area contributed by atoms with E-state index in [-0.39, 0.29) is 0 Å². The number of amidine groups is 1. The maximum Gasteiger partial charge on any atom is 0.374 e. The third-order valence-corrected chi connectivity index (χ3v) is 6.78. The first-order valence-electron chi connectivity index (χ1n) is 10.5. The van der Waals surface area contributed by atoms with Gasteiger partial charge in [-0.05, 0) is 30.7 Å². The molecule has 2 aliphatic rings. The maximum absolute atomic E-state index is 6.25. The molecule has 2 heterocycles. The third kappa shape index (κ3) is 3.45. The lowest BCUT2D eigenvalue weighted by Gasteiger charge is -2.25. The van der Waals surface area contributed by atoms with Crippen molar-refractivity contribution in [1.29, 1.82) is 0 Å². The Bertz CT molecular complexity index is 1180. The molecular weight excluding hydrogens is 404 g/mol. The molecule has 0 saturated carbocycles. The molecule has 31 heavy (non-hydrogen) atoms. The normalized spacial score (nSPS) is 20.4. The van der Waals surface area contributed by atoms with Gasteiger partial charge >= 0.3 is 5.84 Å². The van der Waals surface area contributed by atoms with Crippen LogP contribution in [0.3, 0.4) is 0 Å². The summed E-state index contributed by atoms with van der Waals surface area (Å²) >= 11 is 6.25. The van der Waals surface area contributed by atoms with Gasteiger partial charge in [-0.15, -0.1) is 4.58 Å². The lowest BCUT2D eigenvalue weighted by Crippen LogP contribution is -2.45. The Hall–Kier alpha value is -2.66. The summed E-state index contributed by atoms with van der Waals surface area (Å²) in [6, 6.07) is 12.8. The lowest BCUT2D eigenvalue weighted by molar-refractivity contribution is -0.401. The van der Waals surface area contributed by atoms with E-state index in [1.165, 1.54) is 40.0 Å². The SMILES string of the molecule is Cc1ccc2c(c1)[N+](C)(C)\C(=C/C=C/C=C/C1=[N+](C)c3ccc(Cl)cc3[N+]1(C)C)N2C. The van der Waals surface area contributed by atoms with Gasteiger partial charge in [-0.2, -0.15) is 0 Å². The summed E-state index contributed by atoms with van der Waals surface area (Å²) in [5.74, 6) is 2.44. The Morgan fingerprint density at radius 3 is 2.39 bits per heavy atom. The molecule has 4 rings (SSSR count). The largest absolute Gasteiger partial charge is 0.374 e. The van der Waals surface area contributed by atoms with Crippen molar-refractivity contribution in [1.82, 2.24) is 8.97 Å². The molecule has 0 bridgehead atoms. The molecule has 0 spiro atoms. The molecule has 5 heteroatoms. The zero-order chi connectivity index (χ0) is 22.6. The number of anilines is 1. The van der Waals surface area contributed by atoms with Crippen LogP contribution in [0.15, 0.2) is 72.6 Å². The van der Waals surface area contributed by atoms with E-state index in [2.05, 4.69) is 119 Å². The zero-order valence-corrected chi connectivity index (χ0v) is 20.3. The number of nitrogens with zero attached hydrogens (tertiary/aromatic N) is 4. The summed E-state index contributed by atoms with van der Waals surface area (Å²) in [7, 11) is 13.1. The average molecular weight is 436 g/mol. The van der Waals surface area contributed by atoms with E-state index in [9.17, 15) is 0 Å². The van der Waals surface area contributed by atoms with Gasteiger partial charge in [-0.25, -0.2) is 8.97 Å². The molecule has 0 unspecified atom stereocenters. The minimum Gasteiger partial charge on any atom is -0.295 e. The van der Waals surface area contributed by atoms with Crippen LogP contribution in [0.4, 0.5) is 22.7 Å². The first-order valence-corrected chi connectivity index (χ1v) is 10.9. The fraction of sp³-hybridized carbons (Fsp3) is 0.269. The molecule has 2 aromatic carbocycles. The summed E-state index contributed by atoms with van der Waals surface area (Å²) < 4.78 is 3.64. The van der Waals surface area contributed by atoms with E-state index in [0.29, 0.717) is 4.48 Å². The monoisotopic (exact) mass is 435 g/mol. The van der Waals surface area contributed by atoms with Crippen molar-refractivity contribution in [3.05, 3.63) is 83.2 Å². The fourth-order valence-electron chi connectivity index (χ4n) is 4.78. The third-order valence-electron chi connectivity index (χ3n) is 6.54. The molecule has 0 N–H and O–H groups in total. The number of hydrogen-bond donors (Lipinski definition) is 0. The Labute approximate surface area is 191 Å². The van der Waals surface area contributed by atoms with Crippen LogP contribution in [0.25, 0.3) is 0 Å². The summed E-state index contributed by atoms with van der Waals surface area (Å²) in [5.41, 5.74) is 6.29. The number of aryl methyl sites for hydroxylation is 1. The molecule has 2 aromatic rings. The van der Waals surface area contributed by atoms with E-state index in [1.807, 2.05) is 6.07 Å². The highest BCUT2D eigenvalue weighted by Crippen LogP contribution is 2.44. The molecule has 160 valence electrons. The van der Waals surface area contributed by atoms with E-state index in [0.717, 1.165) is 9.51 Å². The summed E-state index contributed by atoms with van der Waals surface area (Å²) in [5, 5.41) is 0.771. The van der Waals surface area contributed by atoms with Gasteiger partial charge in [-0.1, -0.05) is 29.8 Å².